The predicted octanol–water partition coefficient (Wildman–Crippen LogP) is 3.41. The molecule has 0 unspecified atom stereocenters. The quantitative estimate of drug-likeness (QED) is 0.361. The van der Waals surface area contributed by atoms with E-state index in [1.807, 2.05) is 61.5 Å². The molecule has 0 aliphatic rings. The van der Waals surface area contributed by atoms with Gasteiger partial charge in [0.25, 0.3) is 5.69 Å². The van der Waals surface area contributed by atoms with Crippen LogP contribution in [-0.2, 0) is 9.59 Å². The third-order valence-electron chi connectivity index (χ3n) is 5.07. The minimum atomic E-state index is -0.956. The number of fused-ring (bicyclic) bond motifs is 1. The molecule has 0 aromatic heterocycles. The Morgan fingerprint density at radius 3 is 2.45 bits per heavy atom. The van der Waals surface area contributed by atoms with Gasteiger partial charge in [0.05, 0.1) is 11.0 Å². The van der Waals surface area contributed by atoms with E-state index in [1.54, 1.807) is 13.0 Å². The van der Waals surface area contributed by atoms with E-state index in [0.29, 0.717) is 5.56 Å². The molecule has 160 valence electrons. The lowest BCUT2D eigenvalue weighted by atomic mass is 9.98. The second-order valence-corrected chi connectivity index (χ2v) is 7.49. The Morgan fingerprint density at radius 1 is 1.03 bits per heavy atom. The van der Waals surface area contributed by atoms with Gasteiger partial charge in [0.1, 0.15) is 5.69 Å². The van der Waals surface area contributed by atoms with Gasteiger partial charge in [0.2, 0.25) is 0 Å². The first kappa shape index (κ1) is 21.9. The zero-order valence-corrected chi connectivity index (χ0v) is 17.6. The van der Waals surface area contributed by atoms with Crippen molar-refractivity contribution in [1.82, 2.24) is 10.2 Å². The topological polar surface area (TPSA) is 105 Å². The fourth-order valence-electron chi connectivity index (χ4n) is 3.46. The fourth-order valence-corrected chi connectivity index (χ4v) is 3.46. The molecule has 3 rings (SSSR count). The summed E-state index contributed by atoms with van der Waals surface area (Å²) in [6.45, 7) is 1.91. The van der Waals surface area contributed by atoms with Crippen molar-refractivity contribution in [2.24, 2.45) is 0 Å². The summed E-state index contributed by atoms with van der Waals surface area (Å²) in [5, 5.41) is 18.4. The summed E-state index contributed by atoms with van der Waals surface area (Å²) in [7, 11) is 3.79. The van der Waals surface area contributed by atoms with Crippen LogP contribution in [0, 0.1) is 17.0 Å². The van der Waals surface area contributed by atoms with Crippen molar-refractivity contribution in [3.63, 3.8) is 0 Å². The van der Waals surface area contributed by atoms with Crippen LogP contribution in [0.2, 0.25) is 0 Å². The number of likely N-dealkylation sites (N-methyl/N-ethyl adjacent to an activating group) is 1. The number of nitro benzene ring substituents is 1. The number of anilines is 1. The highest BCUT2D eigenvalue weighted by atomic mass is 16.6. The van der Waals surface area contributed by atoms with Crippen molar-refractivity contribution < 1.29 is 14.5 Å². The van der Waals surface area contributed by atoms with Crippen LogP contribution in [0.4, 0.5) is 11.4 Å². The average Bonchev–Trinajstić information content (AvgIpc) is 2.74. The number of hydrogen-bond acceptors (Lipinski definition) is 5. The van der Waals surface area contributed by atoms with E-state index in [1.165, 1.54) is 12.1 Å². The minimum Gasteiger partial charge on any atom is -0.346 e. The first-order valence-electron chi connectivity index (χ1n) is 9.76. The Kier molecular flexibility index (Phi) is 6.61. The van der Waals surface area contributed by atoms with Gasteiger partial charge >= 0.3 is 11.8 Å². The van der Waals surface area contributed by atoms with Crippen molar-refractivity contribution in [2.75, 3.05) is 26.0 Å². The minimum absolute atomic E-state index is 0.0195. The van der Waals surface area contributed by atoms with E-state index in [0.717, 1.165) is 16.3 Å². The molecule has 1 atom stereocenters. The second kappa shape index (κ2) is 9.36. The van der Waals surface area contributed by atoms with Crippen molar-refractivity contribution in [1.29, 1.82) is 0 Å². The normalized spacial score (nSPS) is 11.9. The summed E-state index contributed by atoms with van der Waals surface area (Å²) >= 11 is 0. The highest BCUT2D eigenvalue weighted by Crippen LogP contribution is 2.27. The number of nitrogens with zero attached hydrogens (tertiary/aromatic N) is 2. The summed E-state index contributed by atoms with van der Waals surface area (Å²) in [6.07, 6.45) is 0. The van der Waals surface area contributed by atoms with Crippen molar-refractivity contribution in [3.05, 3.63) is 81.9 Å². The van der Waals surface area contributed by atoms with Crippen LogP contribution in [0.3, 0.4) is 0 Å². The van der Waals surface area contributed by atoms with Crippen LogP contribution in [0.5, 0.6) is 0 Å². The number of carbonyl (C=O) groups is 2. The summed E-state index contributed by atoms with van der Waals surface area (Å²) in [4.78, 5) is 37.3. The monoisotopic (exact) mass is 420 g/mol. The van der Waals surface area contributed by atoms with Gasteiger partial charge in [-0.3, -0.25) is 19.7 Å². The van der Waals surface area contributed by atoms with Crippen molar-refractivity contribution >= 4 is 34.0 Å². The van der Waals surface area contributed by atoms with Gasteiger partial charge in [-0.15, -0.1) is 0 Å². The van der Waals surface area contributed by atoms with E-state index in [9.17, 15) is 19.7 Å². The molecule has 3 aromatic carbocycles. The lowest BCUT2D eigenvalue weighted by molar-refractivity contribution is -0.384. The van der Waals surface area contributed by atoms with Gasteiger partial charge in [-0.25, -0.2) is 0 Å². The van der Waals surface area contributed by atoms with E-state index in [4.69, 9.17) is 0 Å². The molecular formula is C23H24N4O4. The third-order valence-corrected chi connectivity index (χ3v) is 5.07. The largest absolute Gasteiger partial charge is 0.346 e. The molecule has 3 aromatic rings. The van der Waals surface area contributed by atoms with Crippen LogP contribution in [-0.4, -0.2) is 42.3 Å². The molecular weight excluding hydrogens is 396 g/mol. The highest BCUT2D eigenvalue weighted by Gasteiger charge is 2.22. The molecule has 31 heavy (non-hydrogen) atoms. The first-order chi connectivity index (χ1) is 14.8. The maximum absolute atomic E-state index is 12.4. The fraction of sp³-hybridized carbons (Fsp3) is 0.217. The summed E-state index contributed by atoms with van der Waals surface area (Å²) in [5.41, 5.74) is 1.42. The molecule has 8 nitrogen and oxygen atoms in total. The van der Waals surface area contributed by atoms with Gasteiger partial charge in [0.15, 0.2) is 0 Å². The number of nitrogens with one attached hydrogen (secondary N) is 2. The maximum Gasteiger partial charge on any atom is 0.313 e. The number of benzene rings is 3. The smallest absolute Gasteiger partial charge is 0.313 e. The molecule has 0 bridgehead atoms. The van der Waals surface area contributed by atoms with E-state index in [-0.39, 0.29) is 24.0 Å². The Bertz CT molecular complexity index is 1140. The second-order valence-electron chi connectivity index (χ2n) is 7.49. The Balaban J connectivity index is 1.74. The van der Waals surface area contributed by atoms with Crippen LogP contribution in [0.15, 0.2) is 60.7 Å². The molecule has 0 aliphatic heterocycles. The molecule has 0 aliphatic carbocycles. The first-order valence-corrected chi connectivity index (χ1v) is 9.76. The zero-order valence-electron chi connectivity index (χ0n) is 17.6. The molecule has 8 heteroatoms. The van der Waals surface area contributed by atoms with Gasteiger partial charge < -0.3 is 15.5 Å². The maximum atomic E-state index is 12.4. The SMILES string of the molecule is Cc1ccc(NC(=O)C(=O)NC[C@H](c2cccc3ccccc23)N(C)C)c([N+](=O)[O-])c1. The summed E-state index contributed by atoms with van der Waals surface area (Å²) in [5.74, 6) is -1.82. The van der Waals surface area contributed by atoms with Crippen LogP contribution in [0.1, 0.15) is 17.2 Å². The molecule has 0 radical (unpaired) electrons. The molecule has 0 fully saturated rings. The van der Waals surface area contributed by atoms with E-state index < -0.39 is 16.7 Å². The van der Waals surface area contributed by atoms with Crippen LogP contribution < -0.4 is 10.6 Å². The average molecular weight is 420 g/mol. The van der Waals surface area contributed by atoms with Crippen molar-refractivity contribution in [2.45, 2.75) is 13.0 Å². The lowest BCUT2D eigenvalue weighted by Crippen LogP contribution is -2.40. The number of aryl methyl sites for hydroxylation is 1. The highest BCUT2D eigenvalue weighted by molar-refractivity contribution is 6.39. The van der Waals surface area contributed by atoms with Gasteiger partial charge in [0, 0.05) is 12.6 Å². The number of hydrogen-bond donors (Lipinski definition) is 2. The van der Waals surface area contributed by atoms with Gasteiger partial charge in [-0.1, -0.05) is 48.5 Å². The molecule has 0 saturated heterocycles. The van der Waals surface area contributed by atoms with Gasteiger partial charge in [-0.2, -0.15) is 0 Å². The van der Waals surface area contributed by atoms with E-state index >= 15 is 0 Å². The summed E-state index contributed by atoms with van der Waals surface area (Å²) in [6, 6.07) is 18.2. The standard InChI is InChI=1S/C23H24N4O4/c1-15-11-12-19(20(13-15)27(30)31)25-23(29)22(28)24-14-21(26(2)3)18-10-6-8-16-7-4-5-9-17(16)18/h4-13,21H,14H2,1-3H3,(H,24,28)(H,25,29)/t21-/m1/s1. The number of nitro groups is 1. The Labute approximate surface area is 180 Å². The van der Waals surface area contributed by atoms with Crippen LogP contribution >= 0.6 is 0 Å². The van der Waals surface area contributed by atoms with Crippen molar-refractivity contribution in [3.8, 4) is 0 Å². The number of amides is 2. The third kappa shape index (κ3) is 5.04. The molecule has 0 saturated carbocycles. The lowest BCUT2D eigenvalue weighted by Gasteiger charge is -2.26. The van der Waals surface area contributed by atoms with E-state index in [2.05, 4.69) is 10.6 Å². The molecule has 0 heterocycles. The van der Waals surface area contributed by atoms with Gasteiger partial charge in [-0.05, 0) is 49.0 Å². The predicted molar refractivity (Wildman–Crippen MR) is 120 cm³/mol. The summed E-state index contributed by atoms with van der Waals surface area (Å²) < 4.78 is 0. The Hall–Kier alpha value is -3.78. The molecule has 2 N–H and O–H groups in total. The molecule has 2 amide bonds. The zero-order chi connectivity index (χ0) is 22.5. The Morgan fingerprint density at radius 2 is 1.74 bits per heavy atom. The van der Waals surface area contributed by atoms with Crippen LogP contribution in [0.25, 0.3) is 10.8 Å². The molecule has 0 spiro atoms. The number of carbonyl (C=O) groups excluding carboxylic acids is 2. The number of rotatable bonds is 6.